The third-order valence-corrected chi connectivity index (χ3v) is 8.21. The van der Waals surface area contributed by atoms with E-state index in [2.05, 4.69) is 103 Å². The summed E-state index contributed by atoms with van der Waals surface area (Å²) in [6.07, 6.45) is 3.83. The summed E-state index contributed by atoms with van der Waals surface area (Å²) < 4.78 is 6.90. The van der Waals surface area contributed by atoms with E-state index in [4.69, 9.17) is 9.72 Å². The van der Waals surface area contributed by atoms with Crippen LogP contribution >= 0.6 is 0 Å². The van der Waals surface area contributed by atoms with Gasteiger partial charge < -0.3 is 4.74 Å². The molecular formula is C32H34N2O. The van der Waals surface area contributed by atoms with Gasteiger partial charge in [-0.15, -0.1) is 0 Å². The van der Waals surface area contributed by atoms with Gasteiger partial charge in [-0.25, -0.2) is 4.98 Å². The summed E-state index contributed by atoms with van der Waals surface area (Å²) in [6.45, 7) is 5.36. The Bertz CT molecular complexity index is 1270. The molecule has 5 unspecified atom stereocenters. The van der Waals surface area contributed by atoms with E-state index in [-0.39, 0.29) is 6.10 Å². The lowest BCUT2D eigenvalue weighted by Crippen LogP contribution is -2.55. The molecule has 3 nitrogen and oxygen atoms in total. The number of para-hydroxylation sites is 1. The second-order valence-electron chi connectivity index (χ2n) is 10.2. The Morgan fingerprint density at radius 1 is 0.943 bits per heavy atom. The lowest BCUT2D eigenvalue weighted by Gasteiger charge is -2.52. The van der Waals surface area contributed by atoms with Crippen LogP contribution in [0.25, 0.3) is 22.2 Å². The third kappa shape index (κ3) is 4.51. The van der Waals surface area contributed by atoms with Gasteiger partial charge in [0.15, 0.2) is 0 Å². The van der Waals surface area contributed by atoms with Crippen molar-refractivity contribution < 1.29 is 4.74 Å². The van der Waals surface area contributed by atoms with Crippen LogP contribution in [0.4, 0.5) is 0 Å². The number of fused-ring (bicyclic) bond motifs is 4. The van der Waals surface area contributed by atoms with Crippen LogP contribution in [-0.4, -0.2) is 29.0 Å². The largest absolute Gasteiger partial charge is 0.367 e. The molecule has 3 heteroatoms. The zero-order valence-corrected chi connectivity index (χ0v) is 20.5. The molecule has 0 amide bonds. The molecule has 0 radical (unpaired) electrons. The molecule has 3 saturated heterocycles. The summed E-state index contributed by atoms with van der Waals surface area (Å²) >= 11 is 0. The van der Waals surface area contributed by atoms with Gasteiger partial charge in [-0.3, -0.25) is 4.90 Å². The van der Waals surface area contributed by atoms with Gasteiger partial charge in [0.25, 0.3) is 0 Å². The van der Waals surface area contributed by atoms with Gasteiger partial charge >= 0.3 is 0 Å². The van der Waals surface area contributed by atoms with Crippen LogP contribution in [-0.2, 0) is 11.3 Å². The van der Waals surface area contributed by atoms with Gasteiger partial charge in [0.1, 0.15) is 0 Å². The highest BCUT2D eigenvalue weighted by atomic mass is 16.5. The number of rotatable bonds is 7. The maximum absolute atomic E-state index is 6.90. The molecule has 178 valence electrons. The SMILES string of the molecule is CCC1CN2CCC1CC2C(OCc1ccccc1)c1cc(-c2ccccc2)nc2ccccc12. The molecule has 7 rings (SSSR count). The van der Waals surface area contributed by atoms with Gasteiger partial charge in [-0.05, 0) is 54.5 Å². The minimum Gasteiger partial charge on any atom is -0.367 e. The summed E-state index contributed by atoms with van der Waals surface area (Å²) in [5, 5.41) is 1.21. The number of hydrogen-bond donors (Lipinski definition) is 0. The Morgan fingerprint density at radius 2 is 1.69 bits per heavy atom. The smallest absolute Gasteiger partial charge is 0.0991 e. The first-order valence-corrected chi connectivity index (χ1v) is 13.1. The number of ether oxygens (including phenoxy) is 1. The van der Waals surface area contributed by atoms with Crippen molar-refractivity contribution in [2.24, 2.45) is 11.8 Å². The maximum atomic E-state index is 6.90. The average molecular weight is 463 g/mol. The number of benzene rings is 3. The van der Waals surface area contributed by atoms with Crippen molar-refractivity contribution in [1.82, 2.24) is 9.88 Å². The highest BCUT2D eigenvalue weighted by Crippen LogP contribution is 2.44. The summed E-state index contributed by atoms with van der Waals surface area (Å²) in [5.74, 6) is 1.63. The van der Waals surface area contributed by atoms with E-state index in [1.165, 1.54) is 48.9 Å². The molecule has 0 saturated carbocycles. The summed E-state index contributed by atoms with van der Waals surface area (Å²) in [5.41, 5.74) is 5.71. The second kappa shape index (κ2) is 9.93. The Hall–Kier alpha value is -3.01. The summed E-state index contributed by atoms with van der Waals surface area (Å²) in [7, 11) is 0. The van der Waals surface area contributed by atoms with Crippen LogP contribution in [0.15, 0.2) is 91.0 Å². The fourth-order valence-electron chi connectivity index (χ4n) is 6.32. The van der Waals surface area contributed by atoms with Gasteiger partial charge in [-0.2, -0.15) is 0 Å². The predicted octanol–water partition coefficient (Wildman–Crippen LogP) is 7.28. The van der Waals surface area contributed by atoms with Gasteiger partial charge in [0.05, 0.1) is 23.9 Å². The van der Waals surface area contributed by atoms with E-state index < -0.39 is 0 Å². The predicted molar refractivity (Wildman–Crippen MR) is 143 cm³/mol. The highest BCUT2D eigenvalue weighted by Gasteiger charge is 2.43. The Labute approximate surface area is 208 Å². The molecule has 35 heavy (non-hydrogen) atoms. The second-order valence-corrected chi connectivity index (χ2v) is 10.2. The normalized spacial score (nSPS) is 24.5. The van der Waals surface area contributed by atoms with Crippen LogP contribution < -0.4 is 0 Å². The van der Waals surface area contributed by atoms with E-state index in [0.717, 1.165) is 28.6 Å². The molecule has 3 fully saturated rings. The highest BCUT2D eigenvalue weighted by molar-refractivity contribution is 5.85. The molecule has 4 aromatic rings. The number of piperidine rings is 3. The molecular weight excluding hydrogens is 428 g/mol. The molecule has 0 spiro atoms. The van der Waals surface area contributed by atoms with E-state index in [9.17, 15) is 0 Å². The van der Waals surface area contributed by atoms with Crippen molar-refractivity contribution in [2.75, 3.05) is 13.1 Å². The fourth-order valence-corrected chi connectivity index (χ4v) is 6.32. The zero-order chi connectivity index (χ0) is 23.6. The monoisotopic (exact) mass is 462 g/mol. The molecule has 3 aromatic carbocycles. The van der Waals surface area contributed by atoms with E-state index in [1.807, 2.05) is 0 Å². The van der Waals surface area contributed by atoms with Crippen LogP contribution in [0.1, 0.15) is 43.4 Å². The number of pyridine rings is 1. The minimum atomic E-state index is 0.00572. The van der Waals surface area contributed by atoms with Crippen LogP contribution in [0.5, 0.6) is 0 Å². The maximum Gasteiger partial charge on any atom is 0.0991 e. The third-order valence-electron chi connectivity index (χ3n) is 8.21. The molecule has 5 atom stereocenters. The van der Waals surface area contributed by atoms with Crippen molar-refractivity contribution >= 4 is 10.9 Å². The van der Waals surface area contributed by atoms with E-state index in [1.54, 1.807) is 0 Å². The van der Waals surface area contributed by atoms with Gasteiger partial charge in [0, 0.05) is 23.5 Å². The Morgan fingerprint density at radius 3 is 2.43 bits per heavy atom. The first-order valence-electron chi connectivity index (χ1n) is 13.1. The van der Waals surface area contributed by atoms with Crippen LogP contribution in [0.2, 0.25) is 0 Å². The van der Waals surface area contributed by atoms with E-state index in [0.29, 0.717) is 12.6 Å². The molecule has 1 aromatic heterocycles. The van der Waals surface area contributed by atoms with Crippen molar-refractivity contribution in [3.63, 3.8) is 0 Å². The fraction of sp³-hybridized carbons (Fsp3) is 0.344. The average Bonchev–Trinajstić information content (AvgIpc) is 2.94. The lowest BCUT2D eigenvalue weighted by molar-refractivity contribution is -0.0879. The molecule has 0 N–H and O–H groups in total. The Kier molecular flexibility index (Phi) is 6.37. The molecule has 4 heterocycles. The van der Waals surface area contributed by atoms with Crippen molar-refractivity contribution in [2.45, 2.75) is 44.9 Å². The van der Waals surface area contributed by atoms with Crippen molar-refractivity contribution in [1.29, 1.82) is 0 Å². The summed E-state index contributed by atoms with van der Waals surface area (Å²) in [6, 6.07) is 32.4. The summed E-state index contributed by atoms with van der Waals surface area (Å²) in [4.78, 5) is 7.78. The first-order chi connectivity index (χ1) is 17.3. The number of hydrogen-bond acceptors (Lipinski definition) is 3. The quantitative estimate of drug-likeness (QED) is 0.288. The lowest BCUT2D eigenvalue weighted by atomic mass is 9.72. The minimum absolute atomic E-state index is 0.00572. The number of nitrogens with zero attached hydrogens (tertiary/aromatic N) is 2. The van der Waals surface area contributed by atoms with Crippen molar-refractivity contribution in [3.05, 3.63) is 102 Å². The standard InChI is InChI=1S/C32H34N2O/c1-2-24-21-34-18-17-26(24)19-31(34)32(35-22-23-11-5-3-6-12-23)28-20-30(25-13-7-4-8-14-25)33-29-16-10-9-15-27(28)29/h3-16,20,24,26,31-32H,2,17-19,21-22H2,1H3. The van der Waals surface area contributed by atoms with Crippen molar-refractivity contribution in [3.8, 4) is 11.3 Å². The van der Waals surface area contributed by atoms with Gasteiger partial charge in [0.2, 0.25) is 0 Å². The zero-order valence-electron chi connectivity index (χ0n) is 20.5. The Balaban J connectivity index is 1.44. The first kappa shape index (κ1) is 22.5. The topological polar surface area (TPSA) is 25.4 Å². The van der Waals surface area contributed by atoms with Crippen LogP contribution in [0, 0.1) is 11.8 Å². The molecule has 3 aliphatic rings. The van der Waals surface area contributed by atoms with Crippen LogP contribution in [0.3, 0.4) is 0 Å². The molecule has 3 aliphatic heterocycles. The molecule has 2 bridgehead atoms. The number of aromatic nitrogens is 1. The van der Waals surface area contributed by atoms with E-state index >= 15 is 0 Å². The van der Waals surface area contributed by atoms with Gasteiger partial charge in [-0.1, -0.05) is 92.2 Å². The molecule has 0 aliphatic carbocycles.